The van der Waals surface area contributed by atoms with Crippen LogP contribution in [0.4, 0.5) is 5.69 Å². The molecule has 0 fully saturated rings. The summed E-state index contributed by atoms with van der Waals surface area (Å²) in [6.45, 7) is 4.74. The molecule has 29 heavy (non-hydrogen) atoms. The zero-order valence-corrected chi connectivity index (χ0v) is 17.2. The van der Waals surface area contributed by atoms with Crippen molar-refractivity contribution in [2.45, 2.75) is 24.7 Å². The molecule has 1 atom stereocenters. The van der Waals surface area contributed by atoms with Crippen molar-refractivity contribution in [3.05, 3.63) is 59.2 Å². The molecule has 2 aromatic carbocycles. The number of imide groups is 1. The fourth-order valence-corrected chi connectivity index (χ4v) is 4.94. The zero-order valence-electron chi connectivity index (χ0n) is 16.3. The minimum atomic E-state index is -1.17. The average molecular weight is 410 g/mol. The highest BCUT2D eigenvalue weighted by molar-refractivity contribution is 7.99. The fraction of sp³-hybridized carbons (Fsp3) is 0.318. The molecule has 7 heteroatoms. The van der Waals surface area contributed by atoms with Crippen LogP contribution in [0.2, 0.25) is 0 Å². The Kier molecular flexibility index (Phi) is 5.69. The number of hydrogen-bond donors (Lipinski definition) is 0. The van der Waals surface area contributed by atoms with Crippen LogP contribution in [0, 0.1) is 0 Å². The smallest absolute Gasteiger partial charge is 0.261 e. The normalized spacial score (nSPS) is 17.3. The third-order valence-electron chi connectivity index (χ3n) is 5.32. The van der Waals surface area contributed by atoms with Gasteiger partial charge in [-0.3, -0.25) is 14.5 Å². The van der Waals surface area contributed by atoms with E-state index in [0.717, 1.165) is 42.1 Å². The highest BCUT2D eigenvalue weighted by Gasteiger charge is 2.34. The lowest BCUT2D eigenvalue weighted by Gasteiger charge is -2.24. The van der Waals surface area contributed by atoms with E-state index in [9.17, 15) is 13.8 Å². The summed E-state index contributed by atoms with van der Waals surface area (Å²) in [5.41, 5.74) is 4.29. The van der Waals surface area contributed by atoms with Gasteiger partial charge in [0.15, 0.2) is 0 Å². The number of aliphatic imine (C=N–C) groups is 1. The van der Waals surface area contributed by atoms with Gasteiger partial charge in [0.25, 0.3) is 11.8 Å². The van der Waals surface area contributed by atoms with Crippen LogP contribution in [-0.2, 0) is 17.2 Å². The first-order chi connectivity index (χ1) is 14.1. The zero-order chi connectivity index (χ0) is 20.4. The summed E-state index contributed by atoms with van der Waals surface area (Å²) in [7, 11) is -1.17. The van der Waals surface area contributed by atoms with Gasteiger partial charge in [-0.05, 0) is 43.1 Å². The Bertz CT molecular complexity index is 983. The van der Waals surface area contributed by atoms with Crippen molar-refractivity contribution >= 4 is 33.8 Å². The van der Waals surface area contributed by atoms with E-state index in [2.05, 4.69) is 16.8 Å². The topological polar surface area (TPSA) is 70.1 Å². The van der Waals surface area contributed by atoms with Crippen LogP contribution in [0.15, 0.2) is 52.4 Å². The summed E-state index contributed by atoms with van der Waals surface area (Å²) in [6.07, 6.45) is 1.73. The maximum atomic E-state index is 12.6. The molecule has 6 nitrogen and oxygen atoms in total. The maximum Gasteiger partial charge on any atom is 0.261 e. The van der Waals surface area contributed by atoms with Crippen molar-refractivity contribution < 1.29 is 13.8 Å². The van der Waals surface area contributed by atoms with Gasteiger partial charge < -0.3 is 4.90 Å². The van der Waals surface area contributed by atoms with E-state index in [4.69, 9.17) is 0 Å². The van der Waals surface area contributed by atoms with E-state index in [-0.39, 0.29) is 11.8 Å². The highest BCUT2D eigenvalue weighted by Crippen LogP contribution is 2.31. The number of nitrogens with zero attached hydrogens (tertiary/aromatic N) is 3. The average Bonchev–Trinajstić information content (AvgIpc) is 3.23. The van der Waals surface area contributed by atoms with Gasteiger partial charge in [-0.2, -0.15) is 0 Å². The van der Waals surface area contributed by atoms with E-state index in [1.54, 1.807) is 24.3 Å². The molecule has 0 radical (unpaired) electrons. The van der Waals surface area contributed by atoms with Gasteiger partial charge in [-0.15, -0.1) is 0 Å². The third-order valence-corrected chi connectivity index (χ3v) is 6.49. The number of hydrogen-bond acceptors (Lipinski definition) is 5. The molecule has 0 N–H and O–H groups in total. The SMILES string of the molecule is CCCN(CCc1cccc2c1S(=O)C=N2)CCN1C(=O)c2ccccc2C1=O. The van der Waals surface area contributed by atoms with Gasteiger partial charge in [0, 0.05) is 19.6 Å². The Morgan fingerprint density at radius 2 is 1.69 bits per heavy atom. The summed E-state index contributed by atoms with van der Waals surface area (Å²) in [6, 6.07) is 12.8. The highest BCUT2D eigenvalue weighted by atomic mass is 32.2. The molecule has 0 saturated heterocycles. The van der Waals surface area contributed by atoms with Crippen LogP contribution in [0.5, 0.6) is 0 Å². The van der Waals surface area contributed by atoms with Gasteiger partial charge in [0.05, 0.1) is 38.1 Å². The largest absolute Gasteiger partial charge is 0.301 e. The van der Waals surface area contributed by atoms with Gasteiger partial charge in [-0.1, -0.05) is 31.2 Å². The molecule has 4 rings (SSSR count). The van der Waals surface area contributed by atoms with E-state index >= 15 is 0 Å². The molecule has 0 aliphatic carbocycles. The summed E-state index contributed by atoms with van der Waals surface area (Å²) >= 11 is 0. The summed E-state index contributed by atoms with van der Waals surface area (Å²) in [5.74, 6) is -0.425. The number of fused-ring (bicyclic) bond motifs is 2. The molecule has 1 unspecified atom stereocenters. The van der Waals surface area contributed by atoms with E-state index < -0.39 is 10.8 Å². The van der Waals surface area contributed by atoms with Gasteiger partial charge in [0.1, 0.15) is 0 Å². The van der Waals surface area contributed by atoms with Crippen LogP contribution in [0.1, 0.15) is 39.6 Å². The van der Waals surface area contributed by atoms with Crippen molar-refractivity contribution in [3.8, 4) is 0 Å². The van der Waals surface area contributed by atoms with Gasteiger partial charge >= 0.3 is 0 Å². The van der Waals surface area contributed by atoms with Crippen molar-refractivity contribution in [1.82, 2.24) is 9.80 Å². The molecular formula is C22H23N3O3S. The Morgan fingerprint density at radius 1 is 0.966 bits per heavy atom. The van der Waals surface area contributed by atoms with Gasteiger partial charge in [-0.25, -0.2) is 9.20 Å². The maximum absolute atomic E-state index is 12.6. The number of amides is 2. The first kappa shape index (κ1) is 19.7. The number of carbonyl (C=O) groups is 2. The van der Waals surface area contributed by atoms with Crippen molar-refractivity contribution in [3.63, 3.8) is 0 Å². The molecule has 2 amide bonds. The molecule has 0 spiro atoms. The fourth-order valence-electron chi connectivity index (χ4n) is 3.87. The monoisotopic (exact) mass is 409 g/mol. The lowest BCUT2D eigenvalue weighted by atomic mass is 10.1. The third kappa shape index (κ3) is 3.80. The van der Waals surface area contributed by atoms with Gasteiger partial charge in [0.2, 0.25) is 0 Å². The van der Waals surface area contributed by atoms with Crippen LogP contribution >= 0.6 is 0 Å². The number of carbonyl (C=O) groups excluding carboxylic acids is 2. The molecule has 150 valence electrons. The Balaban J connectivity index is 1.40. The lowest BCUT2D eigenvalue weighted by molar-refractivity contribution is 0.0636. The first-order valence-corrected chi connectivity index (χ1v) is 11.1. The minimum absolute atomic E-state index is 0.213. The Hall–Kier alpha value is -2.64. The van der Waals surface area contributed by atoms with Crippen molar-refractivity contribution in [2.24, 2.45) is 4.99 Å². The van der Waals surface area contributed by atoms with Crippen molar-refractivity contribution in [2.75, 3.05) is 26.2 Å². The molecule has 0 saturated carbocycles. The van der Waals surface area contributed by atoms with Crippen LogP contribution < -0.4 is 0 Å². The molecule has 0 bridgehead atoms. The molecule has 0 aromatic heterocycles. The predicted octanol–water partition coefficient (Wildman–Crippen LogP) is 3.02. The molecular weight excluding hydrogens is 386 g/mol. The second kappa shape index (κ2) is 8.39. The molecule has 2 aliphatic rings. The quantitative estimate of drug-likeness (QED) is 0.629. The number of benzene rings is 2. The summed E-state index contributed by atoms with van der Waals surface area (Å²) < 4.78 is 12.2. The first-order valence-electron chi connectivity index (χ1n) is 9.84. The minimum Gasteiger partial charge on any atom is -0.301 e. The van der Waals surface area contributed by atoms with E-state index in [1.165, 1.54) is 10.4 Å². The molecule has 2 heterocycles. The predicted molar refractivity (Wildman–Crippen MR) is 113 cm³/mol. The van der Waals surface area contributed by atoms with Crippen LogP contribution in [0.3, 0.4) is 0 Å². The lowest BCUT2D eigenvalue weighted by Crippen LogP contribution is -2.39. The summed E-state index contributed by atoms with van der Waals surface area (Å²) in [4.78, 5) is 33.7. The Labute approximate surface area is 172 Å². The second-order valence-electron chi connectivity index (χ2n) is 7.20. The van der Waals surface area contributed by atoms with E-state index in [1.807, 2.05) is 18.2 Å². The van der Waals surface area contributed by atoms with Crippen molar-refractivity contribution in [1.29, 1.82) is 0 Å². The Morgan fingerprint density at radius 3 is 2.38 bits per heavy atom. The van der Waals surface area contributed by atoms with Crippen LogP contribution in [-0.4, -0.2) is 57.5 Å². The van der Waals surface area contributed by atoms with E-state index in [0.29, 0.717) is 24.2 Å². The standard InChI is InChI=1S/C22H23N3O3S/c1-2-11-24(12-10-16-6-5-9-19-20(16)29(28)15-23-19)13-14-25-21(26)17-7-3-4-8-18(17)22(25)27/h3-9,15H,2,10-14H2,1H3. The number of rotatable bonds is 8. The molecule has 2 aromatic rings. The van der Waals surface area contributed by atoms with Crippen LogP contribution in [0.25, 0.3) is 0 Å². The second-order valence-corrected chi connectivity index (χ2v) is 8.41. The summed E-state index contributed by atoms with van der Waals surface area (Å²) in [5, 5.41) is 0. The molecule has 2 aliphatic heterocycles.